The highest BCUT2D eigenvalue weighted by Gasteiger charge is 2.25. The van der Waals surface area contributed by atoms with Crippen molar-refractivity contribution in [3.05, 3.63) is 24.3 Å². The predicted octanol–water partition coefficient (Wildman–Crippen LogP) is 2.34. The molecule has 14 heteroatoms. The van der Waals surface area contributed by atoms with Crippen LogP contribution in [0.3, 0.4) is 0 Å². The number of nitrogens with zero attached hydrogens (tertiary/aromatic N) is 6. The molecule has 1 amide bonds. The second-order valence-electron chi connectivity index (χ2n) is 12.9. The van der Waals surface area contributed by atoms with E-state index >= 15 is 0 Å². The van der Waals surface area contributed by atoms with Crippen LogP contribution in [0.25, 0.3) is 10.9 Å². The first-order valence-electron chi connectivity index (χ1n) is 17.6. The minimum absolute atomic E-state index is 0.0628. The molecule has 2 heterocycles. The lowest BCUT2D eigenvalue weighted by Gasteiger charge is -2.33. The highest BCUT2D eigenvalue weighted by Crippen LogP contribution is 2.26. The Bertz CT molecular complexity index is 1360. The van der Waals surface area contributed by atoms with E-state index in [4.69, 9.17) is 26.7 Å². The molecule has 1 aromatic carbocycles. The van der Waals surface area contributed by atoms with Crippen LogP contribution in [0.15, 0.2) is 34.4 Å². The van der Waals surface area contributed by atoms with E-state index in [0.29, 0.717) is 37.8 Å². The molecule has 1 aliphatic carbocycles. The van der Waals surface area contributed by atoms with Gasteiger partial charge in [0, 0.05) is 56.8 Å². The van der Waals surface area contributed by atoms with Crippen molar-refractivity contribution in [3.63, 3.8) is 0 Å². The number of benzene rings is 1. The van der Waals surface area contributed by atoms with Crippen molar-refractivity contribution < 1.29 is 14.7 Å². The van der Waals surface area contributed by atoms with Gasteiger partial charge in [-0.3, -0.25) is 14.6 Å². The third kappa shape index (κ3) is 12.0. The Morgan fingerprint density at radius 1 is 1.06 bits per heavy atom. The summed E-state index contributed by atoms with van der Waals surface area (Å²) in [6.07, 6.45) is 12.3. The Morgan fingerprint density at radius 3 is 2.56 bits per heavy atom. The third-order valence-corrected chi connectivity index (χ3v) is 9.12. The van der Waals surface area contributed by atoms with Gasteiger partial charge in [0.05, 0.1) is 17.8 Å². The Balaban J connectivity index is 1.21. The zero-order chi connectivity index (χ0) is 34.1. The molecule has 4 rings (SSSR count). The number of hydrogen-bond donors (Lipinski definition) is 6. The number of hydrogen-bond acceptors (Lipinski definition) is 12. The van der Waals surface area contributed by atoms with Crippen molar-refractivity contribution >= 4 is 46.5 Å². The average Bonchev–Trinajstić information content (AvgIpc) is 3.11. The molecule has 1 atom stereocenters. The molecule has 8 N–H and O–H groups in total. The predicted molar refractivity (Wildman–Crippen MR) is 193 cm³/mol. The second-order valence-corrected chi connectivity index (χ2v) is 12.9. The molecule has 1 saturated heterocycles. The maximum Gasteiger partial charge on any atom is 0.320 e. The first kappa shape index (κ1) is 36.9. The molecule has 2 aliphatic rings. The zero-order valence-corrected chi connectivity index (χ0v) is 28.4. The van der Waals surface area contributed by atoms with Crippen LogP contribution < -0.4 is 32.4 Å². The van der Waals surface area contributed by atoms with Gasteiger partial charge in [0.25, 0.3) is 0 Å². The molecule has 0 bridgehead atoms. The normalized spacial score (nSPS) is 17.2. The van der Waals surface area contributed by atoms with Crippen molar-refractivity contribution in [2.75, 3.05) is 63.1 Å². The van der Waals surface area contributed by atoms with E-state index in [2.05, 4.69) is 26.0 Å². The Hall–Kier alpha value is -3.88. The van der Waals surface area contributed by atoms with Crippen LogP contribution in [0.1, 0.15) is 70.6 Å². The van der Waals surface area contributed by atoms with Crippen LogP contribution >= 0.6 is 0 Å². The van der Waals surface area contributed by atoms with Crippen molar-refractivity contribution in [2.45, 2.75) is 88.8 Å². The van der Waals surface area contributed by atoms with Gasteiger partial charge in [-0.2, -0.15) is 10.1 Å². The van der Waals surface area contributed by atoms with Gasteiger partial charge in [-0.25, -0.2) is 4.98 Å². The van der Waals surface area contributed by atoms with Gasteiger partial charge in [-0.15, -0.1) is 0 Å². The number of likely N-dealkylation sites (tertiary alicyclic amines) is 1. The summed E-state index contributed by atoms with van der Waals surface area (Å²) in [5.74, 6) is 5.84. The molecule has 1 saturated carbocycles. The number of anilines is 2. The summed E-state index contributed by atoms with van der Waals surface area (Å²) in [4.78, 5) is 41.5. The Morgan fingerprint density at radius 2 is 1.81 bits per heavy atom. The van der Waals surface area contributed by atoms with Gasteiger partial charge in [-0.1, -0.05) is 31.4 Å². The Labute approximate surface area is 284 Å². The summed E-state index contributed by atoms with van der Waals surface area (Å²) in [6, 6.07) is 7.68. The number of nitrogens with one attached hydrogen (secondary N) is 3. The van der Waals surface area contributed by atoms with Gasteiger partial charge in [0.15, 0.2) is 0 Å². The highest BCUT2D eigenvalue weighted by atomic mass is 16.4. The molecule has 48 heavy (non-hydrogen) atoms. The first-order valence-corrected chi connectivity index (χ1v) is 17.6. The van der Waals surface area contributed by atoms with Gasteiger partial charge in [0.1, 0.15) is 11.9 Å². The van der Waals surface area contributed by atoms with Crippen LogP contribution in [-0.4, -0.2) is 115 Å². The average molecular weight is 666 g/mol. The number of amides is 1. The van der Waals surface area contributed by atoms with E-state index in [1.165, 1.54) is 32.1 Å². The van der Waals surface area contributed by atoms with E-state index in [1.54, 1.807) is 11.1 Å². The van der Waals surface area contributed by atoms with E-state index < -0.39 is 12.0 Å². The Kier molecular flexibility index (Phi) is 15.3. The van der Waals surface area contributed by atoms with Crippen LogP contribution in [0, 0.1) is 0 Å². The van der Waals surface area contributed by atoms with E-state index in [9.17, 15) is 9.59 Å². The lowest BCUT2D eigenvalue weighted by atomic mass is 9.95. The molecule has 2 aromatic rings. The number of aliphatic carboxylic acids is 1. The number of carbonyl (C=O) groups excluding carboxylic acids is 1. The summed E-state index contributed by atoms with van der Waals surface area (Å²) < 4.78 is 0. The maximum atomic E-state index is 12.6. The number of para-hydroxylation sites is 1. The number of piperidine rings is 1. The molecule has 1 aliphatic heterocycles. The van der Waals surface area contributed by atoms with Gasteiger partial charge >= 0.3 is 5.97 Å². The third-order valence-electron chi connectivity index (χ3n) is 9.12. The van der Waals surface area contributed by atoms with Crippen LogP contribution in [0.4, 0.5) is 11.8 Å². The summed E-state index contributed by atoms with van der Waals surface area (Å²) in [5, 5.41) is 24.6. The molecule has 1 aromatic heterocycles. The van der Waals surface area contributed by atoms with Crippen molar-refractivity contribution in [1.29, 1.82) is 0 Å². The number of rotatable bonds is 19. The quantitative estimate of drug-likeness (QED) is 0.0557. The van der Waals surface area contributed by atoms with Gasteiger partial charge in [0.2, 0.25) is 11.9 Å². The van der Waals surface area contributed by atoms with Crippen molar-refractivity contribution in [3.8, 4) is 0 Å². The number of carbonyl (C=O) groups is 2. The molecule has 0 spiro atoms. The van der Waals surface area contributed by atoms with Gasteiger partial charge in [-0.05, 0) is 76.7 Å². The molecular weight excluding hydrogens is 610 g/mol. The monoisotopic (exact) mass is 665 g/mol. The molecule has 0 unspecified atom stereocenters. The van der Waals surface area contributed by atoms with Crippen LogP contribution in [0.2, 0.25) is 0 Å². The van der Waals surface area contributed by atoms with Crippen molar-refractivity contribution in [2.24, 2.45) is 21.7 Å². The fourth-order valence-corrected chi connectivity index (χ4v) is 6.22. The second kappa shape index (κ2) is 19.8. The summed E-state index contributed by atoms with van der Waals surface area (Å²) in [6.45, 7) is 5.27. The fraction of sp³-hybridized carbons (Fsp3) is 0.647. The standard InChI is InChI=1S/C34H55N11O3/c1-44(24-27(43-36)23-38-19-7-17-37-18-8-20-39-25-9-3-2-4-10-25)34-41-30-12-6-5-11-28(30)32(42-34)40-26-15-21-45(22-16-26)31(46)14-13-29(35)33(47)48/h5-6,11-12,23,25-26,29,37,39H,2-4,7-10,13-22,24,35-36H2,1H3,(H,47,48)(H,40,41,42)/t29-/m0/s1. The zero-order valence-electron chi connectivity index (χ0n) is 28.4. The molecule has 264 valence electrons. The van der Waals surface area contributed by atoms with Crippen molar-refractivity contribution in [1.82, 2.24) is 25.5 Å². The maximum absolute atomic E-state index is 12.6. The van der Waals surface area contributed by atoms with E-state index in [0.717, 1.165) is 68.1 Å². The summed E-state index contributed by atoms with van der Waals surface area (Å²) in [5.41, 5.74) is 7.01. The lowest BCUT2D eigenvalue weighted by molar-refractivity contribution is -0.139. The smallest absolute Gasteiger partial charge is 0.320 e. The number of aliphatic imine (C=N–C) groups is 1. The van der Waals surface area contributed by atoms with E-state index in [-0.39, 0.29) is 24.8 Å². The minimum atomic E-state index is -1.09. The summed E-state index contributed by atoms with van der Waals surface area (Å²) >= 11 is 0. The number of nitrogens with two attached hydrogens (primary N) is 2. The molecule has 0 radical (unpaired) electrons. The number of aromatic nitrogens is 2. The minimum Gasteiger partial charge on any atom is -0.480 e. The largest absolute Gasteiger partial charge is 0.480 e. The molecule has 2 fully saturated rings. The SMILES string of the molecule is CN(CC(C=NCCCNCCCNC1CCCCC1)=NN)c1nc(NC2CCN(C(=O)CC[C@H](N)C(=O)O)CC2)c2ccccc2n1. The van der Waals surface area contributed by atoms with Crippen LogP contribution in [0.5, 0.6) is 0 Å². The first-order chi connectivity index (χ1) is 23.3. The lowest BCUT2D eigenvalue weighted by Crippen LogP contribution is -2.43. The van der Waals surface area contributed by atoms with E-state index in [1.807, 2.05) is 36.2 Å². The number of hydrazone groups is 1. The van der Waals surface area contributed by atoms with Crippen LogP contribution in [-0.2, 0) is 9.59 Å². The molecular formula is C34H55N11O3. The highest BCUT2D eigenvalue weighted by molar-refractivity contribution is 6.32. The molecule has 14 nitrogen and oxygen atoms in total. The fourth-order valence-electron chi connectivity index (χ4n) is 6.22. The van der Waals surface area contributed by atoms with Gasteiger partial charge < -0.3 is 42.4 Å². The summed E-state index contributed by atoms with van der Waals surface area (Å²) in [7, 11) is 1.90. The number of carboxylic acids is 1. The number of fused-ring (bicyclic) bond motifs is 1. The topological polar surface area (TPSA) is 199 Å². The number of carboxylic acid groups (broad SMARTS) is 1.